The zero-order chi connectivity index (χ0) is 18.0. The van der Waals surface area contributed by atoms with E-state index in [2.05, 4.69) is 19.2 Å². The Morgan fingerprint density at radius 1 is 1.20 bits per heavy atom. The van der Waals surface area contributed by atoms with E-state index in [1.165, 1.54) is 23.8 Å². The Hall–Kier alpha value is -2.69. The van der Waals surface area contributed by atoms with E-state index in [0.717, 1.165) is 5.69 Å². The summed E-state index contributed by atoms with van der Waals surface area (Å²) in [7, 11) is 0. The Kier molecular flexibility index (Phi) is 4.83. The third-order valence-corrected chi connectivity index (χ3v) is 4.46. The van der Waals surface area contributed by atoms with Crippen LogP contribution in [0.15, 0.2) is 48.5 Å². The highest BCUT2D eigenvalue weighted by molar-refractivity contribution is 6.03. The van der Waals surface area contributed by atoms with Crippen LogP contribution in [-0.4, -0.2) is 18.4 Å². The maximum atomic E-state index is 13.2. The molecule has 0 spiro atoms. The average molecular weight is 340 g/mol. The van der Waals surface area contributed by atoms with Gasteiger partial charge in [0.05, 0.1) is 5.92 Å². The molecule has 0 bridgehead atoms. The predicted molar refractivity (Wildman–Crippen MR) is 96.0 cm³/mol. The first kappa shape index (κ1) is 17.1. The molecule has 0 aliphatic carbocycles. The summed E-state index contributed by atoms with van der Waals surface area (Å²) in [5.41, 5.74) is 2.41. The molecule has 1 unspecified atom stereocenters. The number of nitrogens with one attached hydrogen (secondary N) is 1. The molecule has 1 fully saturated rings. The van der Waals surface area contributed by atoms with Crippen LogP contribution in [0.1, 0.15) is 31.7 Å². The van der Waals surface area contributed by atoms with Crippen molar-refractivity contribution in [3.8, 4) is 0 Å². The van der Waals surface area contributed by atoms with Crippen LogP contribution in [-0.2, 0) is 9.59 Å². The summed E-state index contributed by atoms with van der Waals surface area (Å²) in [6.45, 7) is 4.56. The van der Waals surface area contributed by atoms with E-state index in [4.69, 9.17) is 0 Å². The predicted octanol–water partition coefficient (Wildman–Crippen LogP) is 3.94. The molecule has 1 atom stereocenters. The van der Waals surface area contributed by atoms with Crippen molar-refractivity contribution in [2.45, 2.75) is 26.2 Å². The van der Waals surface area contributed by atoms with Crippen molar-refractivity contribution >= 4 is 23.2 Å². The van der Waals surface area contributed by atoms with E-state index in [-0.39, 0.29) is 18.2 Å². The second-order valence-corrected chi connectivity index (χ2v) is 6.65. The van der Waals surface area contributed by atoms with Crippen LogP contribution in [0.4, 0.5) is 15.8 Å². The third kappa shape index (κ3) is 3.87. The molecule has 1 N–H and O–H groups in total. The lowest BCUT2D eigenvalue weighted by molar-refractivity contribution is -0.122. The van der Waals surface area contributed by atoms with Crippen LogP contribution in [0, 0.1) is 11.7 Å². The molecule has 0 saturated carbocycles. The molecule has 1 heterocycles. The standard InChI is InChI=1S/C20H21FN2O2/c1-13(2)14-6-8-18(9-7-14)23-12-15(10-19(23)24)20(25)22-17-5-3-4-16(21)11-17/h3-9,11,13,15H,10,12H2,1-2H3,(H,22,25). The van der Waals surface area contributed by atoms with Crippen LogP contribution in [0.2, 0.25) is 0 Å². The molecule has 130 valence electrons. The molecule has 5 heteroatoms. The third-order valence-electron chi connectivity index (χ3n) is 4.46. The van der Waals surface area contributed by atoms with E-state index in [1.807, 2.05) is 24.3 Å². The molecule has 0 aromatic heterocycles. The second-order valence-electron chi connectivity index (χ2n) is 6.65. The van der Waals surface area contributed by atoms with Gasteiger partial charge in [-0.2, -0.15) is 0 Å². The topological polar surface area (TPSA) is 49.4 Å². The Labute approximate surface area is 146 Å². The highest BCUT2D eigenvalue weighted by Crippen LogP contribution is 2.27. The maximum absolute atomic E-state index is 13.2. The number of benzene rings is 2. The number of nitrogens with zero attached hydrogens (tertiary/aromatic N) is 1. The fourth-order valence-corrected chi connectivity index (χ4v) is 2.98. The quantitative estimate of drug-likeness (QED) is 0.916. The van der Waals surface area contributed by atoms with Gasteiger partial charge in [-0.3, -0.25) is 9.59 Å². The minimum atomic E-state index is -0.444. The van der Waals surface area contributed by atoms with E-state index >= 15 is 0 Å². The van der Waals surface area contributed by atoms with Gasteiger partial charge in [0.2, 0.25) is 11.8 Å². The molecular formula is C20H21FN2O2. The highest BCUT2D eigenvalue weighted by atomic mass is 19.1. The first-order valence-electron chi connectivity index (χ1n) is 8.41. The lowest BCUT2D eigenvalue weighted by atomic mass is 10.0. The van der Waals surface area contributed by atoms with Crippen LogP contribution in [0.5, 0.6) is 0 Å². The number of hydrogen-bond donors (Lipinski definition) is 1. The van der Waals surface area contributed by atoms with Crippen molar-refractivity contribution in [3.05, 3.63) is 59.9 Å². The van der Waals surface area contributed by atoms with Gasteiger partial charge in [0.15, 0.2) is 0 Å². The Morgan fingerprint density at radius 2 is 1.92 bits per heavy atom. The molecule has 1 saturated heterocycles. The summed E-state index contributed by atoms with van der Waals surface area (Å²) in [5.74, 6) is -0.766. The Balaban J connectivity index is 1.68. The lowest BCUT2D eigenvalue weighted by Crippen LogP contribution is -2.28. The molecule has 25 heavy (non-hydrogen) atoms. The number of halogens is 1. The van der Waals surface area contributed by atoms with Gasteiger partial charge in [0.25, 0.3) is 0 Å². The van der Waals surface area contributed by atoms with Crippen molar-refractivity contribution in [3.63, 3.8) is 0 Å². The number of rotatable bonds is 4. The molecular weight excluding hydrogens is 319 g/mol. The van der Waals surface area contributed by atoms with E-state index in [9.17, 15) is 14.0 Å². The van der Waals surface area contributed by atoms with Crippen LogP contribution in [0.3, 0.4) is 0 Å². The van der Waals surface area contributed by atoms with Gasteiger partial charge in [0, 0.05) is 24.3 Å². The second kappa shape index (κ2) is 7.05. The molecule has 0 radical (unpaired) electrons. The van der Waals surface area contributed by atoms with Crippen LogP contribution in [0.25, 0.3) is 0 Å². The van der Waals surface area contributed by atoms with Gasteiger partial charge in [-0.15, -0.1) is 0 Å². The van der Waals surface area contributed by atoms with Crippen molar-refractivity contribution < 1.29 is 14.0 Å². The largest absolute Gasteiger partial charge is 0.326 e. The molecule has 3 rings (SSSR count). The van der Waals surface area contributed by atoms with Gasteiger partial charge in [-0.05, 0) is 41.8 Å². The van der Waals surface area contributed by atoms with Crippen LogP contribution >= 0.6 is 0 Å². The Morgan fingerprint density at radius 3 is 2.56 bits per heavy atom. The summed E-state index contributed by atoms with van der Waals surface area (Å²) in [5, 5.41) is 2.68. The smallest absolute Gasteiger partial charge is 0.229 e. The highest BCUT2D eigenvalue weighted by Gasteiger charge is 2.35. The summed E-state index contributed by atoms with van der Waals surface area (Å²) in [4.78, 5) is 26.3. The van der Waals surface area contributed by atoms with Gasteiger partial charge >= 0.3 is 0 Å². The maximum Gasteiger partial charge on any atom is 0.229 e. The fraction of sp³-hybridized carbons (Fsp3) is 0.300. The molecule has 1 aliphatic rings. The molecule has 1 aliphatic heterocycles. The van der Waals surface area contributed by atoms with Crippen molar-refractivity contribution in [1.29, 1.82) is 0 Å². The number of hydrogen-bond acceptors (Lipinski definition) is 2. The SMILES string of the molecule is CC(C)c1ccc(N2CC(C(=O)Nc3cccc(F)c3)CC2=O)cc1. The number of amides is 2. The summed E-state index contributed by atoms with van der Waals surface area (Å²) >= 11 is 0. The van der Waals surface area contributed by atoms with Gasteiger partial charge in [-0.1, -0.05) is 32.0 Å². The van der Waals surface area contributed by atoms with Crippen molar-refractivity contribution in [2.24, 2.45) is 5.92 Å². The number of carbonyl (C=O) groups excluding carboxylic acids is 2. The molecule has 2 aromatic carbocycles. The molecule has 2 amide bonds. The minimum absolute atomic E-state index is 0.0725. The number of anilines is 2. The average Bonchev–Trinajstić information content (AvgIpc) is 2.97. The molecule has 4 nitrogen and oxygen atoms in total. The monoisotopic (exact) mass is 340 g/mol. The van der Waals surface area contributed by atoms with Crippen molar-refractivity contribution in [1.82, 2.24) is 0 Å². The minimum Gasteiger partial charge on any atom is -0.326 e. The van der Waals surface area contributed by atoms with E-state index < -0.39 is 11.7 Å². The lowest BCUT2D eigenvalue weighted by Gasteiger charge is -2.17. The Bertz CT molecular complexity index is 787. The van der Waals surface area contributed by atoms with E-state index in [1.54, 1.807) is 11.0 Å². The first-order valence-corrected chi connectivity index (χ1v) is 8.41. The summed E-state index contributed by atoms with van der Waals surface area (Å²) in [6, 6.07) is 13.6. The van der Waals surface area contributed by atoms with Crippen molar-refractivity contribution in [2.75, 3.05) is 16.8 Å². The zero-order valence-corrected chi connectivity index (χ0v) is 14.3. The normalized spacial score (nSPS) is 17.2. The van der Waals surface area contributed by atoms with E-state index in [0.29, 0.717) is 18.2 Å². The fourth-order valence-electron chi connectivity index (χ4n) is 2.98. The first-order chi connectivity index (χ1) is 11.9. The molecule has 2 aromatic rings. The zero-order valence-electron chi connectivity index (χ0n) is 14.3. The van der Waals surface area contributed by atoms with Gasteiger partial charge < -0.3 is 10.2 Å². The van der Waals surface area contributed by atoms with Crippen LogP contribution < -0.4 is 10.2 Å². The van der Waals surface area contributed by atoms with Gasteiger partial charge in [0.1, 0.15) is 5.82 Å². The summed E-state index contributed by atoms with van der Waals surface area (Å²) < 4.78 is 13.2. The van der Waals surface area contributed by atoms with Gasteiger partial charge in [-0.25, -0.2) is 4.39 Å². The summed E-state index contributed by atoms with van der Waals surface area (Å²) in [6.07, 6.45) is 0.160. The number of carbonyl (C=O) groups is 2.